The zero-order valence-corrected chi connectivity index (χ0v) is 21.5. The number of hydrogen-bond acceptors (Lipinski definition) is 7. The SMILES string of the molecule is COc1ccc(C)cc1CCC(=O)Nc1sc2c(c1C#N)CCN(C(=O)OCCn1ccnc1C)C2. The number of amides is 2. The van der Waals surface area contributed by atoms with Crippen LogP contribution in [0, 0.1) is 25.2 Å². The van der Waals surface area contributed by atoms with Crippen LogP contribution in [0.2, 0.25) is 0 Å². The first-order chi connectivity index (χ1) is 17.4. The van der Waals surface area contributed by atoms with Gasteiger partial charge in [0.05, 0.1) is 25.8 Å². The number of ether oxygens (including phenoxy) is 2. The second-order valence-electron chi connectivity index (χ2n) is 8.64. The minimum absolute atomic E-state index is 0.167. The van der Waals surface area contributed by atoms with Crippen molar-refractivity contribution in [1.82, 2.24) is 14.5 Å². The van der Waals surface area contributed by atoms with Crippen molar-refractivity contribution in [2.75, 3.05) is 25.6 Å². The van der Waals surface area contributed by atoms with Gasteiger partial charge in [0.15, 0.2) is 0 Å². The summed E-state index contributed by atoms with van der Waals surface area (Å²) in [7, 11) is 1.61. The molecule has 0 fully saturated rings. The largest absolute Gasteiger partial charge is 0.496 e. The Balaban J connectivity index is 1.35. The van der Waals surface area contributed by atoms with E-state index in [9.17, 15) is 14.9 Å². The summed E-state index contributed by atoms with van der Waals surface area (Å²) in [5, 5.41) is 13.2. The molecule has 0 saturated carbocycles. The molecule has 1 aromatic carbocycles. The molecule has 0 spiro atoms. The Morgan fingerprint density at radius 3 is 2.86 bits per heavy atom. The lowest BCUT2D eigenvalue weighted by atomic mass is 10.0. The third kappa shape index (κ3) is 5.69. The molecule has 0 aliphatic carbocycles. The van der Waals surface area contributed by atoms with Gasteiger partial charge in [-0.25, -0.2) is 9.78 Å². The number of imidazole rings is 1. The molecule has 1 aliphatic heterocycles. The molecular weight excluding hydrogens is 478 g/mol. The van der Waals surface area contributed by atoms with E-state index in [2.05, 4.69) is 16.4 Å². The summed E-state index contributed by atoms with van der Waals surface area (Å²) in [4.78, 5) is 32.0. The van der Waals surface area contributed by atoms with Crippen molar-refractivity contribution in [3.63, 3.8) is 0 Å². The lowest BCUT2D eigenvalue weighted by molar-refractivity contribution is -0.116. The van der Waals surface area contributed by atoms with Gasteiger partial charge in [-0.3, -0.25) is 4.79 Å². The quantitative estimate of drug-likeness (QED) is 0.489. The van der Waals surface area contributed by atoms with Crippen LogP contribution in [0.4, 0.5) is 9.80 Å². The monoisotopic (exact) mass is 507 g/mol. The molecule has 0 saturated heterocycles. The molecule has 2 aromatic heterocycles. The van der Waals surface area contributed by atoms with Gasteiger partial charge < -0.3 is 24.3 Å². The highest BCUT2D eigenvalue weighted by atomic mass is 32.1. The van der Waals surface area contributed by atoms with Gasteiger partial charge >= 0.3 is 6.09 Å². The molecule has 0 unspecified atom stereocenters. The summed E-state index contributed by atoms with van der Waals surface area (Å²) in [5.41, 5.74) is 3.45. The van der Waals surface area contributed by atoms with Crippen LogP contribution < -0.4 is 10.1 Å². The van der Waals surface area contributed by atoms with Gasteiger partial charge in [0.25, 0.3) is 0 Å². The van der Waals surface area contributed by atoms with E-state index in [4.69, 9.17) is 9.47 Å². The van der Waals surface area contributed by atoms with Crippen molar-refractivity contribution in [2.24, 2.45) is 0 Å². The van der Waals surface area contributed by atoms with Crippen LogP contribution in [-0.4, -0.2) is 46.7 Å². The second kappa shape index (κ2) is 11.3. The summed E-state index contributed by atoms with van der Waals surface area (Å²) in [5.74, 6) is 1.45. The molecule has 1 N–H and O–H groups in total. The molecule has 0 bridgehead atoms. The molecule has 0 radical (unpaired) electrons. The number of methoxy groups -OCH3 is 1. The normalized spacial score (nSPS) is 12.6. The number of nitrogens with one attached hydrogen (secondary N) is 1. The van der Waals surface area contributed by atoms with E-state index in [1.54, 1.807) is 18.2 Å². The van der Waals surface area contributed by atoms with E-state index in [1.165, 1.54) is 11.3 Å². The summed E-state index contributed by atoms with van der Waals surface area (Å²) >= 11 is 1.35. The fourth-order valence-electron chi connectivity index (χ4n) is 4.27. The van der Waals surface area contributed by atoms with E-state index in [0.717, 1.165) is 33.1 Å². The number of benzene rings is 1. The van der Waals surface area contributed by atoms with Gasteiger partial charge in [0.1, 0.15) is 29.3 Å². The summed E-state index contributed by atoms with van der Waals surface area (Å²) in [6.07, 6.45) is 4.51. The highest BCUT2D eigenvalue weighted by Crippen LogP contribution is 2.37. The van der Waals surface area contributed by atoms with E-state index in [0.29, 0.717) is 43.0 Å². The third-order valence-electron chi connectivity index (χ3n) is 6.22. The fraction of sp³-hybridized carbons (Fsp3) is 0.385. The van der Waals surface area contributed by atoms with Gasteiger partial charge in [-0.05, 0) is 43.9 Å². The highest BCUT2D eigenvalue weighted by molar-refractivity contribution is 7.16. The number of thiophene rings is 1. The molecule has 2 amide bonds. The van der Waals surface area contributed by atoms with Crippen LogP contribution in [0.25, 0.3) is 0 Å². The number of carbonyl (C=O) groups is 2. The zero-order valence-electron chi connectivity index (χ0n) is 20.7. The van der Waals surface area contributed by atoms with Gasteiger partial charge in [-0.15, -0.1) is 11.3 Å². The van der Waals surface area contributed by atoms with E-state index >= 15 is 0 Å². The summed E-state index contributed by atoms with van der Waals surface area (Å²) < 4.78 is 12.8. The maximum atomic E-state index is 12.7. The Morgan fingerprint density at radius 2 is 2.14 bits per heavy atom. The van der Waals surface area contributed by atoms with Crippen molar-refractivity contribution >= 4 is 28.3 Å². The van der Waals surface area contributed by atoms with Crippen LogP contribution in [0.3, 0.4) is 0 Å². The number of rotatable bonds is 8. The number of aromatic nitrogens is 2. The second-order valence-corrected chi connectivity index (χ2v) is 9.74. The molecule has 3 heterocycles. The number of nitrogens with zero attached hydrogens (tertiary/aromatic N) is 4. The maximum absolute atomic E-state index is 12.7. The Hall–Kier alpha value is -3.84. The minimum Gasteiger partial charge on any atom is -0.496 e. The summed E-state index contributed by atoms with van der Waals surface area (Å²) in [6, 6.07) is 8.13. The lowest BCUT2D eigenvalue weighted by Gasteiger charge is -2.26. The van der Waals surface area contributed by atoms with E-state index < -0.39 is 0 Å². The standard InChI is InChI=1S/C26H29N5O4S/c1-17-4-6-22(34-3)19(14-17)5-7-24(32)29-25-21(15-27)20-8-10-31(16-23(20)36-25)26(33)35-13-12-30-11-9-28-18(30)2/h4,6,9,11,14H,5,7-8,10,12-13,16H2,1-3H3,(H,29,32). The number of hydrogen-bond donors (Lipinski definition) is 1. The molecule has 188 valence electrons. The molecule has 3 aromatic rings. The zero-order chi connectivity index (χ0) is 25.7. The van der Waals surface area contributed by atoms with Crippen LogP contribution in [0.15, 0.2) is 30.6 Å². The Kier molecular flexibility index (Phi) is 7.90. The average Bonchev–Trinajstić information content (AvgIpc) is 3.44. The fourth-order valence-corrected chi connectivity index (χ4v) is 5.50. The molecule has 9 nitrogen and oxygen atoms in total. The van der Waals surface area contributed by atoms with Crippen LogP contribution in [0.1, 0.15) is 39.4 Å². The first kappa shape index (κ1) is 25.3. The number of fused-ring (bicyclic) bond motifs is 1. The van der Waals surface area contributed by atoms with Crippen LogP contribution in [-0.2, 0) is 35.5 Å². The van der Waals surface area contributed by atoms with Crippen LogP contribution in [0.5, 0.6) is 5.75 Å². The van der Waals surface area contributed by atoms with E-state index in [-0.39, 0.29) is 25.0 Å². The Labute approximate surface area is 214 Å². The smallest absolute Gasteiger partial charge is 0.410 e. The number of carbonyl (C=O) groups excluding carboxylic acids is 2. The van der Waals surface area contributed by atoms with Gasteiger partial charge in [-0.1, -0.05) is 17.7 Å². The molecule has 4 rings (SSSR count). The Bertz CT molecular complexity index is 1310. The molecular formula is C26H29N5O4S. The highest BCUT2D eigenvalue weighted by Gasteiger charge is 2.28. The van der Waals surface area contributed by atoms with Gasteiger partial charge in [0.2, 0.25) is 5.91 Å². The molecule has 36 heavy (non-hydrogen) atoms. The van der Waals surface area contributed by atoms with Crippen molar-refractivity contribution in [3.8, 4) is 11.8 Å². The van der Waals surface area contributed by atoms with Crippen molar-refractivity contribution in [2.45, 2.75) is 46.2 Å². The molecule has 10 heteroatoms. The minimum atomic E-state index is -0.386. The van der Waals surface area contributed by atoms with Gasteiger partial charge in [0, 0.05) is 30.2 Å². The van der Waals surface area contributed by atoms with Crippen LogP contribution >= 0.6 is 11.3 Å². The predicted octanol–water partition coefficient (Wildman–Crippen LogP) is 4.21. The molecule has 1 aliphatic rings. The third-order valence-corrected chi connectivity index (χ3v) is 7.35. The number of nitriles is 1. The molecule has 0 atom stereocenters. The number of anilines is 1. The van der Waals surface area contributed by atoms with Crippen molar-refractivity contribution in [1.29, 1.82) is 5.26 Å². The maximum Gasteiger partial charge on any atom is 0.410 e. The average molecular weight is 508 g/mol. The lowest BCUT2D eigenvalue weighted by Crippen LogP contribution is -2.36. The van der Waals surface area contributed by atoms with Crippen molar-refractivity contribution in [3.05, 3.63) is 63.5 Å². The first-order valence-electron chi connectivity index (χ1n) is 11.8. The number of aryl methyl sites for hydroxylation is 3. The Morgan fingerprint density at radius 1 is 1.31 bits per heavy atom. The van der Waals surface area contributed by atoms with Crippen molar-refractivity contribution < 1.29 is 19.1 Å². The van der Waals surface area contributed by atoms with E-state index in [1.807, 2.05) is 42.8 Å². The predicted molar refractivity (Wildman–Crippen MR) is 136 cm³/mol. The first-order valence-corrected chi connectivity index (χ1v) is 12.6. The van der Waals surface area contributed by atoms with Gasteiger partial charge in [-0.2, -0.15) is 5.26 Å². The summed E-state index contributed by atoms with van der Waals surface area (Å²) in [6.45, 7) is 5.50. The topological polar surface area (TPSA) is 109 Å².